The molecular weight excluding hydrogens is 490 g/mol. The first-order chi connectivity index (χ1) is 18.5. The number of hydrogen-bond donors (Lipinski definition) is 4. The van der Waals surface area contributed by atoms with E-state index in [9.17, 15) is 20.1 Å². The number of hydrogen-bond acceptors (Lipinski definition) is 5. The molecule has 6 heteroatoms. The van der Waals surface area contributed by atoms with Crippen molar-refractivity contribution in [3.63, 3.8) is 0 Å². The Morgan fingerprint density at radius 2 is 1.92 bits per heavy atom. The Balaban J connectivity index is 1.53. The van der Waals surface area contributed by atoms with Gasteiger partial charge in [-0.15, -0.1) is 0 Å². The Kier molecular flexibility index (Phi) is 6.55. The summed E-state index contributed by atoms with van der Waals surface area (Å²) in [6.07, 6.45) is 6.46. The minimum atomic E-state index is -1.39. The van der Waals surface area contributed by atoms with Gasteiger partial charge in [0.25, 0.3) is 0 Å². The van der Waals surface area contributed by atoms with E-state index >= 15 is 0 Å². The second kappa shape index (κ2) is 9.62. The Labute approximate surface area is 229 Å². The lowest BCUT2D eigenvalue weighted by atomic mass is 9.56. The second-order valence-corrected chi connectivity index (χ2v) is 10.9. The molecule has 0 saturated heterocycles. The van der Waals surface area contributed by atoms with Crippen molar-refractivity contribution in [1.82, 2.24) is 0 Å². The van der Waals surface area contributed by atoms with Gasteiger partial charge in [0.2, 0.25) is 5.91 Å². The molecular formula is C33H35NO5. The first-order valence-electron chi connectivity index (χ1n) is 13.2. The summed E-state index contributed by atoms with van der Waals surface area (Å²) in [6, 6.07) is 8.99. The number of primary amides is 1. The highest BCUT2D eigenvalue weighted by atomic mass is 16.5. The number of methoxy groups -OCH3 is 1. The average Bonchev–Trinajstić information content (AvgIpc) is 2.88. The number of carbonyl (C=O) groups is 1. The summed E-state index contributed by atoms with van der Waals surface area (Å²) in [6.45, 7) is 12.3. The van der Waals surface area contributed by atoms with E-state index in [2.05, 4.69) is 13.2 Å². The maximum atomic E-state index is 12.2. The highest BCUT2D eigenvalue weighted by Crippen LogP contribution is 2.57. The van der Waals surface area contributed by atoms with Crippen molar-refractivity contribution in [1.29, 1.82) is 0 Å². The van der Waals surface area contributed by atoms with Crippen LogP contribution in [0.4, 0.5) is 0 Å². The molecule has 202 valence electrons. The summed E-state index contributed by atoms with van der Waals surface area (Å²) < 4.78 is 5.22. The highest BCUT2D eigenvalue weighted by molar-refractivity contribution is 5.99. The van der Waals surface area contributed by atoms with Gasteiger partial charge in [0.05, 0.1) is 7.11 Å². The molecule has 6 nitrogen and oxygen atoms in total. The normalized spacial score (nSPS) is 24.5. The molecule has 0 saturated carbocycles. The van der Waals surface area contributed by atoms with Crippen molar-refractivity contribution in [3.8, 4) is 17.2 Å². The van der Waals surface area contributed by atoms with Crippen LogP contribution in [0.5, 0.6) is 17.2 Å². The summed E-state index contributed by atoms with van der Waals surface area (Å²) in [7, 11) is 1.53. The number of phenols is 2. The Hall–Kier alpha value is -4.03. The number of ether oxygens (including phenoxy) is 1. The fraction of sp³-hybridized carbons (Fsp3) is 0.303. The molecule has 0 spiro atoms. The maximum absolute atomic E-state index is 12.2. The van der Waals surface area contributed by atoms with Crippen LogP contribution in [0.15, 0.2) is 77.4 Å². The van der Waals surface area contributed by atoms with E-state index in [1.165, 1.54) is 7.11 Å². The number of amides is 1. The predicted octanol–water partition coefficient (Wildman–Crippen LogP) is 5.38. The summed E-state index contributed by atoms with van der Waals surface area (Å²) in [5.74, 6) is 0.0917. The molecule has 0 bridgehead atoms. The summed E-state index contributed by atoms with van der Waals surface area (Å²) in [5, 5.41) is 33.4. The Morgan fingerprint density at radius 3 is 2.62 bits per heavy atom. The molecule has 2 aromatic rings. The van der Waals surface area contributed by atoms with Gasteiger partial charge < -0.3 is 25.8 Å². The third-order valence-electron chi connectivity index (χ3n) is 8.87. The largest absolute Gasteiger partial charge is 0.507 e. The molecule has 3 aliphatic rings. The molecule has 1 amide bonds. The Morgan fingerprint density at radius 1 is 1.18 bits per heavy atom. The van der Waals surface area contributed by atoms with Gasteiger partial charge in [0.1, 0.15) is 11.4 Å². The van der Waals surface area contributed by atoms with Gasteiger partial charge in [-0.2, -0.15) is 0 Å². The first kappa shape index (κ1) is 26.6. The van der Waals surface area contributed by atoms with Crippen LogP contribution in [0.1, 0.15) is 48.9 Å². The van der Waals surface area contributed by atoms with Crippen molar-refractivity contribution in [2.24, 2.45) is 17.6 Å². The Bertz CT molecular complexity index is 1520. The van der Waals surface area contributed by atoms with Gasteiger partial charge in [-0.05, 0) is 91.0 Å². The lowest BCUT2D eigenvalue weighted by molar-refractivity contribution is -0.114. The molecule has 3 atom stereocenters. The van der Waals surface area contributed by atoms with Crippen LogP contribution in [0.3, 0.4) is 0 Å². The summed E-state index contributed by atoms with van der Waals surface area (Å²) in [5.41, 5.74) is 11.6. The van der Waals surface area contributed by atoms with Crippen molar-refractivity contribution in [2.45, 2.75) is 45.1 Å². The van der Waals surface area contributed by atoms with E-state index < -0.39 is 11.5 Å². The molecule has 0 aliphatic heterocycles. The zero-order valence-electron chi connectivity index (χ0n) is 22.7. The minimum absolute atomic E-state index is 0.0994. The topological polar surface area (TPSA) is 113 Å². The van der Waals surface area contributed by atoms with Crippen LogP contribution in [0.25, 0.3) is 11.6 Å². The number of nitrogens with two attached hydrogens (primary N) is 1. The number of phenolic OH excluding ortho intramolecular Hbond substituents is 2. The number of rotatable bonds is 5. The fourth-order valence-electron chi connectivity index (χ4n) is 7.05. The van der Waals surface area contributed by atoms with Crippen LogP contribution in [0.2, 0.25) is 0 Å². The number of fused-ring (bicyclic) bond motifs is 3. The van der Waals surface area contributed by atoms with Crippen molar-refractivity contribution in [2.75, 3.05) is 7.11 Å². The molecule has 5 rings (SSSR count). The van der Waals surface area contributed by atoms with Crippen LogP contribution < -0.4 is 10.5 Å². The maximum Gasteiger partial charge on any atom is 0.249 e. The summed E-state index contributed by atoms with van der Waals surface area (Å²) >= 11 is 0. The molecule has 39 heavy (non-hydrogen) atoms. The molecule has 1 unspecified atom stereocenters. The molecule has 2 aromatic carbocycles. The SMILES string of the molecule is C=C1C2=C(C)[C@]3(O)C(=C)C(C(N)=O)=C(C)C[C@@H]3CC2Cc2c(/C=C\Cc3cccc(OC)c3O)ccc(O)c21. The monoisotopic (exact) mass is 525 g/mol. The van der Waals surface area contributed by atoms with E-state index in [1.807, 2.05) is 44.2 Å². The van der Waals surface area contributed by atoms with Crippen LogP contribution >= 0.6 is 0 Å². The van der Waals surface area contributed by atoms with Gasteiger partial charge in [0, 0.05) is 22.6 Å². The van der Waals surface area contributed by atoms with Crippen molar-refractivity contribution >= 4 is 17.6 Å². The van der Waals surface area contributed by atoms with E-state index in [4.69, 9.17) is 10.5 Å². The third kappa shape index (κ3) is 4.02. The number of allylic oxidation sites excluding steroid dienone is 4. The molecule has 3 aliphatic carbocycles. The fourth-order valence-corrected chi connectivity index (χ4v) is 7.05. The zero-order chi connectivity index (χ0) is 28.2. The molecule has 0 aromatic heterocycles. The average molecular weight is 526 g/mol. The molecule has 0 radical (unpaired) electrons. The lowest BCUT2D eigenvalue weighted by Crippen LogP contribution is -2.50. The van der Waals surface area contributed by atoms with Crippen LogP contribution in [-0.4, -0.2) is 33.9 Å². The predicted molar refractivity (Wildman–Crippen MR) is 153 cm³/mol. The van der Waals surface area contributed by atoms with E-state index in [0.29, 0.717) is 53.7 Å². The number of aromatic hydroxyl groups is 2. The second-order valence-electron chi connectivity index (χ2n) is 10.9. The highest BCUT2D eigenvalue weighted by Gasteiger charge is 2.52. The lowest BCUT2D eigenvalue weighted by Gasteiger charge is -2.51. The van der Waals surface area contributed by atoms with Gasteiger partial charge in [-0.25, -0.2) is 0 Å². The third-order valence-corrected chi connectivity index (χ3v) is 8.87. The quantitative estimate of drug-likeness (QED) is 0.419. The summed E-state index contributed by atoms with van der Waals surface area (Å²) in [4.78, 5) is 12.2. The minimum Gasteiger partial charge on any atom is -0.507 e. The standard InChI is InChI=1S/C33H35NO5/c1-17-14-24-15-23-16-25-21(8-6-9-22-10-7-11-27(39-5)31(22)36)12-13-26(35)30(25)18(2)29(23)20(4)33(24,38)19(3)28(17)32(34)37/h6-8,10-13,23-24,35-36,38H,2-3,9,14-16H2,1,4-5H3,(H2,34,37)/b8-6-/t23?,24-,33-/m1/s1. The van der Waals surface area contributed by atoms with E-state index in [-0.39, 0.29) is 23.3 Å². The first-order valence-corrected chi connectivity index (χ1v) is 13.2. The van der Waals surface area contributed by atoms with Gasteiger partial charge in [-0.3, -0.25) is 4.79 Å². The number of para-hydroxylation sites is 1. The number of carbonyl (C=O) groups excluding carboxylic acids is 1. The van der Waals surface area contributed by atoms with Crippen molar-refractivity contribution < 1.29 is 24.9 Å². The smallest absolute Gasteiger partial charge is 0.249 e. The van der Waals surface area contributed by atoms with Gasteiger partial charge in [-0.1, -0.05) is 49.1 Å². The molecule has 0 heterocycles. The van der Waals surface area contributed by atoms with Crippen LogP contribution in [0, 0.1) is 11.8 Å². The van der Waals surface area contributed by atoms with Gasteiger partial charge in [0.15, 0.2) is 11.5 Å². The van der Waals surface area contributed by atoms with Crippen molar-refractivity contribution in [3.05, 3.63) is 99.7 Å². The zero-order valence-corrected chi connectivity index (χ0v) is 22.7. The van der Waals surface area contributed by atoms with E-state index in [1.54, 1.807) is 12.1 Å². The van der Waals surface area contributed by atoms with E-state index in [0.717, 1.165) is 33.4 Å². The molecule has 5 N–H and O–H groups in total. The molecule has 0 fully saturated rings. The van der Waals surface area contributed by atoms with Crippen LogP contribution in [-0.2, 0) is 17.6 Å². The van der Waals surface area contributed by atoms with Gasteiger partial charge >= 0.3 is 0 Å². The number of aliphatic hydroxyl groups is 1. The number of benzene rings is 2.